The fourth-order valence-electron chi connectivity index (χ4n) is 2.89. The second-order valence-electron chi connectivity index (χ2n) is 6.61. The van der Waals surface area contributed by atoms with Crippen LogP contribution in [0.5, 0.6) is 5.75 Å². The van der Waals surface area contributed by atoms with Crippen LogP contribution in [0, 0.1) is 6.92 Å². The largest absolute Gasteiger partial charge is 0.486 e. The summed E-state index contributed by atoms with van der Waals surface area (Å²) in [5.41, 5.74) is 0.822. The lowest BCUT2D eigenvalue weighted by atomic mass is 10.2. The van der Waals surface area contributed by atoms with Crippen LogP contribution in [0.25, 0.3) is 0 Å². The number of carbonyl (C=O) groups excluding carboxylic acids is 1. The van der Waals surface area contributed by atoms with Crippen molar-refractivity contribution in [3.63, 3.8) is 0 Å². The van der Waals surface area contributed by atoms with E-state index in [1.54, 1.807) is 18.1 Å². The number of rotatable bonds is 8. The van der Waals surface area contributed by atoms with E-state index >= 15 is 0 Å². The Morgan fingerprint density at radius 1 is 1.30 bits per heavy atom. The second-order valence-corrected chi connectivity index (χ2v) is 6.61. The molecule has 0 atom stereocenters. The summed E-state index contributed by atoms with van der Waals surface area (Å²) in [7, 11) is 3.77. The number of benzene rings is 1. The summed E-state index contributed by atoms with van der Waals surface area (Å²) in [5, 5.41) is 0. The molecule has 2 heterocycles. The minimum atomic E-state index is -0.113. The Labute approximate surface area is 159 Å². The number of hydrogen-bond acceptors (Lipinski definition) is 4. The number of carbonyl (C=O) groups is 1. The Morgan fingerprint density at radius 2 is 2.07 bits per heavy atom. The Hall–Kier alpha value is -3.02. The number of aryl methyl sites for hydroxylation is 3. The lowest BCUT2D eigenvalue weighted by Crippen LogP contribution is -2.28. The van der Waals surface area contributed by atoms with Gasteiger partial charge >= 0.3 is 0 Å². The third-order valence-corrected chi connectivity index (χ3v) is 4.45. The first-order valence-corrected chi connectivity index (χ1v) is 9.03. The standard InChI is InChI=1S/C21H25N3O3/c1-16-14-18(15-26-17-8-5-4-6-9-17)27-20(16)21(25)24(3)12-7-10-19-22-11-13-23(19)2/h4-6,8-9,11,13-14H,7,10,12,15H2,1-3H3. The molecule has 0 N–H and O–H groups in total. The van der Waals surface area contributed by atoms with Gasteiger partial charge in [0.25, 0.3) is 5.91 Å². The number of amides is 1. The van der Waals surface area contributed by atoms with E-state index in [0.717, 1.165) is 30.0 Å². The Balaban J connectivity index is 1.54. The monoisotopic (exact) mass is 367 g/mol. The molecule has 0 spiro atoms. The molecule has 0 saturated carbocycles. The molecule has 27 heavy (non-hydrogen) atoms. The zero-order chi connectivity index (χ0) is 19.2. The molecule has 0 saturated heterocycles. The highest BCUT2D eigenvalue weighted by molar-refractivity contribution is 5.92. The first kappa shape index (κ1) is 18.8. The van der Waals surface area contributed by atoms with E-state index in [0.29, 0.717) is 24.7 Å². The van der Waals surface area contributed by atoms with Gasteiger partial charge in [0.2, 0.25) is 0 Å². The highest BCUT2D eigenvalue weighted by Gasteiger charge is 2.19. The van der Waals surface area contributed by atoms with E-state index in [9.17, 15) is 4.79 Å². The summed E-state index contributed by atoms with van der Waals surface area (Å²) in [6.45, 7) is 2.81. The summed E-state index contributed by atoms with van der Waals surface area (Å²) in [6.07, 6.45) is 5.39. The number of para-hydroxylation sites is 1. The van der Waals surface area contributed by atoms with Gasteiger partial charge in [0.05, 0.1) is 0 Å². The second kappa shape index (κ2) is 8.58. The number of aromatic nitrogens is 2. The van der Waals surface area contributed by atoms with Gasteiger partial charge in [-0.2, -0.15) is 0 Å². The molecule has 2 aromatic heterocycles. The van der Waals surface area contributed by atoms with E-state index in [2.05, 4.69) is 4.98 Å². The summed E-state index contributed by atoms with van der Waals surface area (Å²) in [4.78, 5) is 18.7. The molecule has 1 aromatic carbocycles. The smallest absolute Gasteiger partial charge is 0.289 e. The molecule has 3 rings (SSSR count). The number of ether oxygens (including phenoxy) is 1. The van der Waals surface area contributed by atoms with Gasteiger partial charge in [0, 0.05) is 45.0 Å². The molecule has 1 amide bonds. The highest BCUT2D eigenvalue weighted by Crippen LogP contribution is 2.19. The Morgan fingerprint density at radius 3 is 2.78 bits per heavy atom. The maximum atomic E-state index is 12.7. The summed E-state index contributed by atoms with van der Waals surface area (Å²) in [5.74, 6) is 2.69. The van der Waals surface area contributed by atoms with Gasteiger partial charge in [-0.3, -0.25) is 4.79 Å². The average Bonchev–Trinajstić information content (AvgIpc) is 3.25. The van der Waals surface area contributed by atoms with Gasteiger partial charge in [-0.05, 0) is 31.5 Å². The predicted molar refractivity (Wildman–Crippen MR) is 103 cm³/mol. The van der Waals surface area contributed by atoms with Crippen LogP contribution in [0.2, 0.25) is 0 Å². The van der Waals surface area contributed by atoms with E-state index < -0.39 is 0 Å². The lowest BCUT2D eigenvalue weighted by molar-refractivity contribution is 0.0756. The van der Waals surface area contributed by atoms with Crippen molar-refractivity contribution in [3.8, 4) is 5.75 Å². The third-order valence-electron chi connectivity index (χ3n) is 4.45. The predicted octanol–water partition coefficient (Wildman–Crippen LogP) is 3.61. The van der Waals surface area contributed by atoms with Crippen LogP contribution in [-0.4, -0.2) is 34.0 Å². The molecule has 0 bridgehead atoms. The molecule has 6 nitrogen and oxygen atoms in total. The minimum absolute atomic E-state index is 0.113. The summed E-state index contributed by atoms with van der Waals surface area (Å²) >= 11 is 0. The first-order chi connectivity index (χ1) is 13.0. The maximum absolute atomic E-state index is 12.7. The van der Waals surface area contributed by atoms with Gasteiger partial charge in [0.1, 0.15) is 23.9 Å². The number of furan rings is 1. The number of nitrogens with zero attached hydrogens (tertiary/aromatic N) is 3. The molecular weight excluding hydrogens is 342 g/mol. The quantitative estimate of drug-likeness (QED) is 0.610. The van der Waals surface area contributed by atoms with Crippen molar-refractivity contribution in [1.82, 2.24) is 14.5 Å². The summed E-state index contributed by atoms with van der Waals surface area (Å²) in [6, 6.07) is 11.4. The molecule has 3 aromatic rings. The van der Waals surface area contributed by atoms with Crippen molar-refractivity contribution in [2.45, 2.75) is 26.4 Å². The maximum Gasteiger partial charge on any atom is 0.289 e. The average molecular weight is 367 g/mol. The van der Waals surface area contributed by atoms with Gasteiger partial charge in [-0.15, -0.1) is 0 Å². The van der Waals surface area contributed by atoms with Crippen LogP contribution in [0.3, 0.4) is 0 Å². The molecule has 142 valence electrons. The van der Waals surface area contributed by atoms with Crippen LogP contribution in [0.15, 0.2) is 53.2 Å². The summed E-state index contributed by atoms with van der Waals surface area (Å²) < 4.78 is 13.4. The van der Waals surface area contributed by atoms with Gasteiger partial charge in [0.15, 0.2) is 5.76 Å². The fourth-order valence-corrected chi connectivity index (χ4v) is 2.89. The number of hydrogen-bond donors (Lipinski definition) is 0. The lowest BCUT2D eigenvalue weighted by Gasteiger charge is -2.16. The zero-order valence-corrected chi connectivity index (χ0v) is 16.0. The van der Waals surface area contributed by atoms with Crippen molar-refractivity contribution in [2.24, 2.45) is 7.05 Å². The Bertz CT molecular complexity index is 883. The van der Waals surface area contributed by atoms with Gasteiger partial charge in [-0.25, -0.2) is 4.98 Å². The molecule has 0 aliphatic heterocycles. The molecular formula is C21H25N3O3. The van der Waals surface area contributed by atoms with Crippen molar-refractivity contribution in [2.75, 3.05) is 13.6 Å². The van der Waals surface area contributed by atoms with E-state index in [1.807, 2.05) is 61.1 Å². The van der Waals surface area contributed by atoms with Crippen LogP contribution in [0.1, 0.15) is 34.1 Å². The zero-order valence-electron chi connectivity index (χ0n) is 16.0. The Kier molecular flexibility index (Phi) is 5.96. The molecule has 0 unspecified atom stereocenters. The third kappa shape index (κ3) is 4.78. The van der Waals surface area contributed by atoms with Gasteiger partial charge in [-0.1, -0.05) is 18.2 Å². The van der Waals surface area contributed by atoms with Crippen LogP contribution in [-0.2, 0) is 20.1 Å². The topological polar surface area (TPSA) is 60.5 Å². The van der Waals surface area contributed by atoms with E-state index in [-0.39, 0.29) is 5.91 Å². The molecule has 0 radical (unpaired) electrons. The van der Waals surface area contributed by atoms with Crippen LogP contribution in [0.4, 0.5) is 0 Å². The van der Waals surface area contributed by atoms with E-state index in [1.165, 1.54) is 0 Å². The SMILES string of the molecule is Cc1cc(COc2ccccc2)oc1C(=O)N(C)CCCc1nccn1C. The van der Waals surface area contributed by atoms with Crippen molar-refractivity contribution < 1.29 is 13.9 Å². The molecule has 0 aliphatic rings. The van der Waals surface area contributed by atoms with Crippen molar-refractivity contribution >= 4 is 5.91 Å². The fraction of sp³-hybridized carbons (Fsp3) is 0.333. The molecule has 0 aliphatic carbocycles. The van der Waals surface area contributed by atoms with Gasteiger partial charge < -0.3 is 18.6 Å². The first-order valence-electron chi connectivity index (χ1n) is 9.03. The van der Waals surface area contributed by atoms with Crippen LogP contribution >= 0.6 is 0 Å². The number of imidazole rings is 1. The minimum Gasteiger partial charge on any atom is -0.486 e. The van der Waals surface area contributed by atoms with E-state index in [4.69, 9.17) is 9.15 Å². The molecule has 6 heteroatoms. The molecule has 0 fully saturated rings. The normalized spacial score (nSPS) is 10.8. The highest BCUT2D eigenvalue weighted by atomic mass is 16.5. The van der Waals surface area contributed by atoms with Crippen molar-refractivity contribution in [3.05, 3.63) is 71.7 Å². The van der Waals surface area contributed by atoms with Crippen molar-refractivity contribution in [1.29, 1.82) is 0 Å². The van der Waals surface area contributed by atoms with Crippen LogP contribution < -0.4 is 4.74 Å².